The highest BCUT2D eigenvalue weighted by atomic mass is 35.5. The molecule has 1 heterocycles. The van der Waals surface area contributed by atoms with Gasteiger partial charge >= 0.3 is 0 Å². The molecular weight excluding hydrogens is 326 g/mol. The number of nitrogens with one attached hydrogen (secondary N) is 1. The SMILES string of the molecule is COCCN1CC(C(=O)Nc2ccc(Cl)cc2[N+](=O)[O-])CC1=O. The highest BCUT2D eigenvalue weighted by Crippen LogP contribution is 2.29. The van der Waals surface area contributed by atoms with Gasteiger partial charge in [0.05, 0.1) is 17.4 Å². The summed E-state index contributed by atoms with van der Waals surface area (Å²) in [5.74, 6) is -1.11. The molecule has 1 aliphatic rings. The maximum Gasteiger partial charge on any atom is 0.294 e. The minimum atomic E-state index is -0.619. The Morgan fingerprint density at radius 3 is 2.96 bits per heavy atom. The first-order chi connectivity index (χ1) is 10.9. The molecule has 1 atom stereocenters. The number of carbonyl (C=O) groups excluding carboxylic acids is 2. The number of ether oxygens (including phenoxy) is 1. The van der Waals surface area contributed by atoms with Crippen LogP contribution in [0.2, 0.25) is 5.02 Å². The van der Waals surface area contributed by atoms with Crippen molar-refractivity contribution in [3.05, 3.63) is 33.3 Å². The number of nitro benzene ring substituents is 1. The van der Waals surface area contributed by atoms with Crippen molar-refractivity contribution in [3.63, 3.8) is 0 Å². The molecule has 1 N–H and O–H groups in total. The zero-order valence-corrected chi connectivity index (χ0v) is 13.2. The van der Waals surface area contributed by atoms with Crippen LogP contribution in [0.3, 0.4) is 0 Å². The van der Waals surface area contributed by atoms with E-state index in [1.807, 2.05) is 0 Å². The van der Waals surface area contributed by atoms with Crippen LogP contribution in [0.25, 0.3) is 0 Å². The van der Waals surface area contributed by atoms with Crippen LogP contribution in [0.4, 0.5) is 11.4 Å². The van der Waals surface area contributed by atoms with Crippen LogP contribution < -0.4 is 5.32 Å². The molecule has 0 spiro atoms. The van der Waals surface area contributed by atoms with Gasteiger partial charge in [0.1, 0.15) is 5.69 Å². The Labute approximate surface area is 137 Å². The summed E-state index contributed by atoms with van der Waals surface area (Å²) in [6.45, 7) is 1.08. The first kappa shape index (κ1) is 17.2. The van der Waals surface area contributed by atoms with Crippen molar-refractivity contribution >= 4 is 34.8 Å². The molecule has 1 saturated heterocycles. The van der Waals surface area contributed by atoms with Gasteiger partial charge in [0, 0.05) is 37.7 Å². The quantitative estimate of drug-likeness (QED) is 0.626. The molecule has 1 aromatic rings. The number of hydrogen-bond donors (Lipinski definition) is 1. The Bertz CT molecular complexity index is 637. The summed E-state index contributed by atoms with van der Waals surface area (Å²) in [6, 6.07) is 3.99. The van der Waals surface area contributed by atoms with Crippen molar-refractivity contribution in [2.75, 3.05) is 32.1 Å². The Kier molecular flexibility index (Phi) is 5.51. The zero-order chi connectivity index (χ0) is 17.0. The van der Waals surface area contributed by atoms with E-state index in [2.05, 4.69) is 5.32 Å². The molecule has 9 heteroatoms. The largest absolute Gasteiger partial charge is 0.383 e. The number of hydrogen-bond acceptors (Lipinski definition) is 5. The molecule has 0 bridgehead atoms. The lowest BCUT2D eigenvalue weighted by atomic mass is 10.1. The van der Waals surface area contributed by atoms with Gasteiger partial charge in [-0.3, -0.25) is 19.7 Å². The van der Waals surface area contributed by atoms with Gasteiger partial charge in [0.25, 0.3) is 5.69 Å². The van der Waals surface area contributed by atoms with Crippen molar-refractivity contribution < 1.29 is 19.2 Å². The fourth-order valence-corrected chi connectivity index (χ4v) is 2.53. The van der Waals surface area contributed by atoms with Gasteiger partial charge in [-0.1, -0.05) is 11.6 Å². The molecular formula is C14H16ClN3O5. The number of nitro groups is 1. The molecule has 0 saturated carbocycles. The number of amides is 2. The predicted octanol–water partition coefficient (Wildman–Crippen LogP) is 1.68. The number of likely N-dealkylation sites (tertiary alicyclic amines) is 1. The second-order valence-electron chi connectivity index (χ2n) is 5.14. The Hall–Kier alpha value is -2.19. The van der Waals surface area contributed by atoms with E-state index in [-0.39, 0.29) is 35.3 Å². The van der Waals surface area contributed by atoms with Crippen molar-refractivity contribution in [1.82, 2.24) is 4.90 Å². The number of anilines is 1. The Morgan fingerprint density at radius 1 is 1.57 bits per heavy atom. The van der Waals surface area contributed by atoms with Gasteiger partial charge in [-0.05, 0) is 12.1 Å². The fraction of sp³-hybridized carbons (Fsp3) is 0.429. The molecule has 0 aliphatic carbocycles. The molecule has 2 amide bonds. The maximum absolute atomic E-state index is 12.3. The molecule has 8 nitrogen and oxygen atoms in total. The van der Waals surface area contributed by atoms with E-state index in [9.17, 15) is 19.7 Å². The lowest BCUT2D eigenvalue weighted by molar-refractivity contribution is -0.383. The summed E-state index contributed by atoms with van der Waals surface area (Å²) < 4.78 is 4.91. The predicted molar refractivity (Wildman–Crippen MR) is 83.3 cm³/mol. The minimum absolute atomic E-state index is 0.0622. The molecule has 1 unspecified atom stereocenters. The average Bonchev–Trinajstić information content (AvgIpc) is 2.88. The molecule has 23 heavy (non-hydrogen) atoms. The van der Waals surface area contributed by atoms with E-state index < -0.39 is 16.7 Å². The normalized spacial score (nSPS) is 17.4. The number of methoxy groups -OCH3 is 1. The van der Waals surface area contributed by atoms with Gasteiger partial charge in [-0.2, -0.15) is 0 Å². The smallest absolute Gasteiger partial charge is 0.294 e. The van der Waals surface area contributed by atoms with Crippen LogP contribution in [0.5, 0.6) is 0 Å². The van der Waals surface area contributed by atoms with Crippen molar-refractivity contribution in [2.24, 2.45) is 5.92 Å². The zero-order valence-electron chi connectivity index (χ0n) is 12.5. The van der Waals surface area contributed by atoms with Crippen LogP contribution in [0.15, 0.2) is 18.2 Å². The molecule has 124 valence electrons. The molecule has 0 aromatic heterocycles. The monoisotopic (exact) mass is 341 g/mol. The highest BCUT2D eigenvalue weighted by molar-refractivity contribution is 6.31. The topological polar surface area (TPSA) is 102 Å². The first-order valence-electron chi connectivity index (χ1n) is 6.94. The lowest BCUT2D eigenvalue weighted by Gasteiger charge is -2.15. The summed E-state index contributed by atoms with van der Waals surface area (Å²) in [5, 5.41) is 13.7. The van der Waals surface area contributed by atoms with Gasteiger partial charge in [0.15, 0.2) is 0 Å². The van der Waals surface area contributed by atoms with E-state index in [1.165, 1.54) is 25.3 Å². The molecule has 2 rings (SSSR count). The molecule has 1 aliphatic heterocycles. The fourth-order valence-electron chi connectivity index (χ4n) is 2.36. The maximum atomic E-state index is 12.3. The van der Waals surface area contributed by atoms with Crippen molar-refractivity contribution in [2.45, 2.75) is 6.42 Å². The van der Waals surface area contributed by atoms with Crippen LogP contribution in [-0.2, 0) is 14.3 Å². The van der Waals surface area contributed by atoms with E-state index in [4.69, 9.17) is 16.3 Å². The standard InChI is InChI=1S/C14H16ClN3O5/c1-23-5-4-17-8-9(6-13(17)19)14(20)16-11-3-2-10(15)7-12(11)18(21)22/h2-3,7,9H,4-6,8H2,1H3,(H,16,20). The van der Waals surface area contributed by atoms with E-state index >= 15 is 0 Å². The summed E-state index contributed by atoms with van der Waals surface area (Å²) in [7, 11) is 1.53. The summed E-state index contributed by atoms with van der Waals surface area (Å²) in [5.41, 5.74) is -0.224. The third-order valence-corrected chi connectivity index (χ3v) is 3.80. The van der Waals surface area contributed by atoms with Crippen LogP contribution in [-0.4, -0.2) is 48.4 Å². The summed E-state index contributed by atoms with van der Waals surface area (Å²) in [6.07, 6.45) is 0.0803. The minimum Gasteiger partial charge on any atom is -0.383 e. The van der Waals surface area contributed by atoms with Crippen molar-refractivity contribution in [3.8, 4) is 0 Å². The molecule has 1 aromatic carbocycles. The Balaban J connectivity index is 2.06. The van der Waals surface area contributed by atoms with E-state index in [0.717, 1.165) is 0 Å². The number of nitrogens with zero attached hydrogens (tertiary/aromatic N) is 2. The third kappa shape index (κ3) is 4.17. The molecule has 1 fully saturated rings. The lowest BCUT2D eigenvalue weighted by Crippen LogP contribution is -2.30. The van der Waals surface area contributed by atoms with Crippen LogP contribution in [0, 0.1) is 16.0 Å². The van der Waals surface area contributed by atoms with E-state index in [1.54, 1.807) is 4.90 Å². The van der Waals surface area contributed by atoms with Gasteiger partial charge < -0.3 is 15.0 Å². The number of halogens is 1. The van der Waals surface area contributed by atoms with Crippen LogP contribution in [0.1, 0.15) is 6.42 Å². The number of rotatable bonds is 6. The molecule has 0 radical (unpaired) electrons. The number of carbonyl (C=O) groups is 2. The van der Waals surface area contributed by atoms with Gasteiger partial charge in [-0.15, -0.1) is 0 Å². The number of benzene rings is 1. The van der Waals surface area contributed by atoms with Crippen molar-refractivity contribution in [1.29, 1.82) is 0 Å². The van der Waals surface area contributed by atoms with Gasteiger partial charge in [-0.25, -0.2) is 0 Å². The first-order valence-corrected chi connectivity index (χ1v) is 7.31. The van der Waals surface area contributed by atoms with Gasteiger partial charge in [0.2, 0.25) is 11.8 Å². The van der Waals surface area contributed by atoms with Crippen LogP contribution >= 0.6 is 11.6 Å². The summed E-state index contributed by atoms with van der Waals surface area (Å²) >= 11 is 5.73. The average molecular weight is 342 g/mol. The van der Waals surface area contributed by atoms with E-state index in [0.29, 0.717) is 13.2 Å². The second kappa shape index (κ2) is 7.38. The second-order valence-corrected chi connectivity index (χ2v) is 5.58. The summed E-state index contributed by atoms with van der Waals surface area (Å²) in [4.78, 5) is 36.0. The highest BCUT2D eigenvalue weighted by Gasteiger charge is 2.34. The third-order valence-electron chi connectivity index (χ3n) is 3.56. The Morgan fingerprint density at radius 2 is 2.30 bits per heavy atom.